The SMILES string of the molecule is CCCCN1C(=O)/C(=C/c2c(N3CCN(CCO)CC3)nc3ccc(C)cn3c2=O)SC1=S. The predicted molar refractivity (Wildman–Crippen MR) is 137 cm³/mol. The molecule has 4 rings (SSSR count). The van der Waals surface area contributed by atoms with Crippen molar-refractivity contribution in [1.82, 2.24) is 19.2 Å². The van der Waals surface area contributed by atoms with Crippen molar-refractivity contribution in [2.24, 2.45) is 0 Å². The molecule has 2 aliphatic heterocycles. The number of aliphatic hydroxyl groups excluding tert-OH is 1. The van der Waals surface area contributed by atoms with Crippen molar-refractivity contribution >= 4 is 51.7 Å². The summed E-state index contributed by atoms with van der Waals surface area (Å²) in [6.07, 6.45) is 5.29. The summed E-state index contributed by atoms with van der Waals surface area (Å²) in [6, 6.07) is 3.78. The van der Waals surface area contributed by atoms with Crippen LogP contribution in [0.15, 0.2) is 28.0 Å². The smallest absolute Gasteiger partial charge is 0.267 e. The number of thiocarbonyl (C=S) groups is 1. The highest BCUT2D eigenvalue weighted by Gasteiger charge is 2.32. The number of nitrogens with zero attached hydrogens (tertiary/aromatic N) is 5. The van der Waals surface area contributed by atoms with Gasteiger partial charge in [0.2, 0.25) is 0 Å². The van der Waals surface area contributed by atoms with Gasteiger partial charge in [-0.1, -0.05) is 43.4 Å². The number of aromatic nitrogens is 2. The van der Waals surface area contributed by atoms with Crippen LogP contribution in [0.4, 0.5) is 5.82 Å². The number of β-amino-alcohol motifs (C(OH)–C–C–N with tert-alkyl or cyclic N) is 1. The van der Waals surface area contributed by atoms with Crippen molar-refractivity contribution in [2.45, 2.75) is 26.7 Å². The summed E-state index contributed by atoms with van der Waals surface area (Å²) >= 11 is 6.68. The number of thioether (sulfide) groups is 1. The number of unbranched alkanes of at least 4 members (excludes halogenated alkanes) is 1. The number of carbonyl (C=O) groups excluding carboxylic acids is 1. The Balaban J connectivity index is 1.76. The minimum atomic E-state index is -0.199. The Morgan fingerprint density at radius 3 is 2.64 bits per heavy atom. The van der Waals surface area contributed by atoms with Gasteiger partial charge in [0.25, 0.3) is 11.5 Å². The van der Waals surface area contributed by atoms with Crippen molar-refractivity contribution < 1.29 is 9.90 Å². The molecular weight excluding hydrogens is 458 g/mol. The lowest BCUT2D eigenvalue weighted by Gasteiger charge is -2.35. The Morgan fingerprint density at radius 1 is 1.18 bits per heavy atom. The van der Waals surface area contributed by atoms with Gasteiger partial charge < -0.3 is 10.0 Å². The highest BCUT2D eigenvalue weighted by atomic mass is 32.2. The maximum absolute atomic E-state index is 13.6. The lowest BCUT2D eigenvalue weighted by Crippen LogP contribution is -2.48. The Morgan fingerprint density at radius 2 is 1.94 bits per heavy atom. The molecule has 0 spiro atoms. The maximum Gasteiger partial charge on any atom is 0.267 e. The van der Waals surface area contributed by atoms with Gasteiger partial charge in [-0.05, 0) is 31.1 Å². The summed E-state index contributed by atoms with van der Waals surface area (Å²) in [5, 5.41) is 9.24. The second-order valence-corrected chi connectivity index (χ2v) is 10.0. The van der Waals surface area contributed by atoms with E-state index >= 15 is 0 Å². The van der Waals surface area contributed by atoms with E-state index in [0.29, 0.717) is 52.4 Å². The Hall–Kier alpha value is -2.27. The van der Waals surface area contributed by atoms with E-state index in [-0.39, 0.29) is 18.1 Å². The number of aryl methyl sites for hydroxylation is 1. The number of rotatable bonds is 7. The summed E-state index contributed by atoms with van der Waals surface area (Å²) in [6.45, 7) is 8.27. The number of amides is 1. The van der Waals surface area contributed by atoms with Crippen molar-refractivity contribution in [3.63, 3.8) is 0 Å². The second-order valence-electron chi connectivity index (χ2n) is 8.33. The predicted octanol–water partition coefficient (Wildman–Crippen LogP) is 2.12. The summed E-state index contributed by atoms with van der Waals surface area (Å²) in [7, 11) is 0. The van der Waals surface area contributed by atoms with E-state index in [0.717, 1.165) is 31.5 Å². The van der Waals surface area contributed by atoms with Crippen LogP contribution in [-0.2, 0) is 4.79 Å². The first-order valence-corrected chi connectivity index (χ1v) is 12.5. The average Bonchev–Trinajstić information content (AvgIpc) is 3.07. The number of hydrogen-bond donors (Lipinski definition) is 1. The van der Waals surface area contributed by atoms with Crippen molar-refractivity contribution in [1.29, 1.82) is 0 Å². The molecule has 0 bridgehead atoms. The van der Waals surface area contributed by atoms with Crippen molar-refractivity contribution in [3.8, 4) is 0 Å². The van der Waals surface area contributed by atoms with E-state index in [1.54, 1.807) is 21.6 Å². The van der Waals surface area contributed by atoms with Gasteiger partial charge in [0, 0.05) is 45.5 Å². The van der Waals surface area contributed by atoms with E-state index < -0.39 is 0 Å². The summed E-state index contributed by atoms with van der Waals surface area (Å²) in [5.41, 5.74) is 1.74. The van der Waals surface area contributed by atoms with Crippen molar-refractivity contribution in [2.75, 3.05) is 50.8 Å². The molecule has 1 amide bonds. The lowest BCUT2D eigenvalue weighted by atomic mass is 10.2. The first kappa shape index (κ1) is 23.9. The normalized spacial score (nSPS) is 18.8. The molecule has 2 fully saturated rings. The number of aliphatic hydroxyl groups is 1. The molecule has 0 aromatic carbocycles. The third kappa shape index (κ3) is 4.98. The number of hydrogen-bond acceptors (Lipinski definition) is 8. The molecule has 176 valence electrons. The zero-order valence-electron chi connectivity index (χ0n) is 19.0. The fourth-order valence-corrected chi connectivity index (χ4v) is 5.37. The van der Waals surface area contributed by atoms with Crippen LogP contribution >= 0.6 is 24.0 Å². The van der Waals surface area contributed by atoms with Crippen LogP contribution in [0, 0.1) is 6.92 Å². The van der Waals surface area contributed by atoms with E-state index in [1.807, 2.05) is 19.1 Å². The van der Waals surface area contributed by atoms with Gasteiger partial charge in [-0.2, -0.15) is 0 Å². The third-order valence-electron chi connectivity index (χ3n) is 5.96. The highest BCUT2D eigenvalue weighted by Crippen LogP contribution is 2.33. The van der Waals surface area contributed by atoms with Gasteiger partial charge in [-0.25, -0.2) is 4.98 Å². The zero-order valence-corrected chi connectivity index (χ0v) is 20.6. The zero-order chi connectivity index (χ0) is 23.5. The van der Waals surface area contributed by atoms with Gasteiger partial charge >= 0.3 is 0 Å². The van der Waals surface area contributed by atoms with Gasteiger partial charge in [0.05, 0.1) is 17.1 Å². The Kier molecular flexibility index (Phi) is 7.48. The molecule has 33 heavy (non-hydrogen) atoms. The van der Waals surface area contributed by atoms with Crippen LogP contribution in [-0.4, -0.2) is 80.4 Å². The maximum atomic E-state index is 13.6. The van der Waals surface area contributed by atoms with Gasteiger partial charge in [-0.15, -0.1) is 0 Å². The van der Waals surface area contributed by atoms with Crippen LogP contribution in [0.25, 0.3) is 11.7 Å². The minimum absolute atomic E-state index is 0.125. The monoisotopic (exact) mass is 487 g/mol. The Labute approximate surface area is 202 Å². The Bertz CT molecular complexity index is 1150. The van der Waals surface area contributed by atoms with E-state index in [4.69, 9.17) is 17.2 Å². The third-order valence-corrected chi connectivity index (χ3v) is 7.34. The molecule has 2 aliphatic rings. The largest absolute Gasteiger partial charge is 0.395 e. The molecule has 2 aromatic heterocycles. The topological polar surface area (TPSA) is 81.4 Å². The first-order valence-electron chi connectivity index (χ1n) is 11.3. The summed E-state index contributed by atoms with van der Waals surface area (Å²) in [4.78, 5) is 37.8. The lowest BCUT2D eigenvalue weighted by molar-refractivity contribution is -0.122. The molecule has 8 nitrogen and oxygen atoms in total. The fourth-order valence-electron chi connectivity index (χ4n) is 4.08. The fraction of sp³-hybridized carbons (Fsp3) is 0.478. The standard InChI is InChI=1S/C23H29N5O3S2/c1-3-4-7-27-22(31)18(33-23(27)32)14-17-20(26-10-8-25(9-11-26)12-13-29)24-19-6-5-16(2)15-28(19)21(17)30/h5-6,14-15,29H,3-4,7-13H2,1-2H3/b18-14-. The molecule has 4 heterocycles. The molecule has 2 aromatic rings. The quantitative estimate of drug-likeness (QED) is 0.470. The molecule has 0 aliphatic carbocycles. The van der Waals surface area contributed by atoms with Crippen LogP contribution in [0.5, 0.6) is 0 Å². The number of pyridine rings is 1. The number of carbonyl (C=O) groups is 1. The molecule has 0 radical (unpaired) electrons. The molecule has 2 saturated heterocycles. The van der Waals surface area contributed by atoms with Crippen LogP contribution in [0.1, 0.15) is 30.9 Å². The number of piperazine rings is 1. The van der Waals surface area contributed by atoms with Crippen molar-refractivity contribution in [3.05, 3.63) is 44.7 Å². The first-order chi connectivity index (χ1) is 15.9. The number of fused-ring (bicyclic) bond motifs is 1. The van der Waals surface area contributed by atoms with E-state index in [2.05, 4.69) is 16.7 Å². The molecule has 0 saturated carbocycles. The molecule has 0 unspecified atom stereocenters. The molecule has 10 heteroatoms. The second kappa shape index (κ2) is 10.3. The minimum Gasteiger partial charge on any atom is -0.395 e. The number of anilines is 1. The van der Waals surface area contributed by atoms with Gasteiger partial charge in [0.1, 0.15) is 15.8 Å². The van der Waals surface area contributed by atoms with Gasteiger partial charge in [0.15, 0.2) is 0 Å². The van der Waals surface area contributed by atoms with E-state index in [9.17, 15) is 14.7 Å². The van der Waals surface area contributed by atoms with Crippen LogP contribution in [0.3, 0.4) is 0 Å². The highest BCUT2D eigenvalue weighted by molar-refractivity contribution is 8.26. The molecular formula is C23H29N5O3S2. The van der Waals surface area contributed by atoms with Gasteiger partial charge in [-0.3, -0.25) is 23.8 Å². The molecule has 1 N–H and O–H groups in total. The average molecular weight is 488 g/mol. The van der Waals surface area contributed by atoms with Crippen LogP contribution in [0.2, 0.25) is 0 Å². The van der Waals surface area contributed by atoms with Crippen LogP contribution < -0.4 is 10.5 Å². The summed E-state index contributed by atoms with van der Waals surface area (Å²) in [5.74, 6) is 0.442. The summed E-state index contributed by atoms with van der Waals surface area (Å²) < 4.78 is 2.08. The molecule has 0 atom stereocenters. The van der Waals surface area contributed by atoms with E-state index in [1.165, 1.54) is 11.8 Å².